The lowest BCUT2D eigenvalue weighted by Gasteiger charge is -2.08. The summed E-state index contributed by atoms with van der Waals surface area (Å²) in [7, 11) is 1.62. The second-order valence-corrected chi connectivity index (χ2v) is 6.70. The number of esters is 1. The van der Waals surface area contributed by atoms with E-state index in [1.54, 1.807) is 44.5 Å². The molecule has 7 heteroatoms. The van der Waals surface area contributed by atoms with Crippen molar-refractivity contribution in [1.82, 2.24) is 4.98 Å². The summed E-state index contributed by atoms with van der Waals surface area (Å²) >= 11 is 1.38. The van der Waals surface area contributed by atoms with Crippen LogP contribution in [-0.2, 0) is 4.74 Å². The van der Waals surface area contributed by atoms with Gasteiger partial charge < -0.3 is 14.8 Å². The number of rotatable bonds is 7. The van der Waals surface area contributed by atoms with Crippen LogP contribution in [0.4, 0.5) is 5.69 Å². The van der Waals surface area contributed by atoms with E-state index in [1.165, 1.54) is 11.3 Å². The van der Waals surface area contributed by atoms with Gasteiger partial charge in [-0.15, -0.1) is 11.3 Å². The molecule has 6 nitrogen and oxygen atoms in total. The smallest absolute Gasteiger partial charge is 0.340 e. The van der Waals surface area contributed by atoms with Crippen LogP contribution >= 0.6 is 11.3 Å². The Morgan fingerprint density at radius 2 is 2.00 bits per heavy atom. The van der Waals surface area contributed by atoms with Gasteiger partial charge in [-0.05, 0) is 43.3 Å². The predicted octanol–water partition coefficient (Wildman–Crippen LogP) is 4.97. The maximum atomic E-state index is 12.1. The zero-order chi connectivity index (χ0) is 20.6. The predicted molar refractivity (Wildman–Crippen MR) is 114 cm³/mol. The number of nitrogens with zero attached hydrogens (tertiary/aromatic N) is 2. The Bertz CT molecular complexity index is 1070. The Labute approximate surface area is 173 Å². The molecule has 29 heavy (non-hydrogen) atoms. The second-order valence-electron chi connectivity index (χ2n) is 5.85. The van der Waals surface area contributed by atoms with E-state index >= 15 is 0 Å². The fourth-order valence-corrected chi connectivity index (χ4v) is 3.37. The molecule has 3 rings (SSSR count). The molecule has 1 heterocycles. The van der Waals surface area contributed by atoms with Gasteiger partial charge in [0.25, 0.3) is 0 Å². The fourth-order valence-electron chi connectivity index (χ4n) is 2.58. The van der Waals surface area contributed by atoms with E-state index in [2.05, 4.69) is 16.4 Å². The van der Waals surface area contributed by atoms with E-state index < -0.39 is 5.97 Å². The highest BCUT2D eigenvalue weighted by Crippen LogP contribution is 2.27. The van der Waals surface area contributed by atoms with Crippen LogP contribution in [0.2, 0.25) is 0 Å². The van der Waals surface area contributed by atoms with Gasteiger partial charge in [-0.3, -0.25) is 0 Å². The molecule has 0 saturated carbocycles. The van der Waals surface area contributed by atoms with Crippen molar-refractivity contribution >= 4 is 28.6 Å². The highest BCUT2D eigenvalue weighted by atomic mass is 32.1. The third-order valence-electron chi connectivity index (χ3n) is 4.04. The lowest BCUT2D eigenvalue weighted by Crippen LogP contribution is -2.07. The van der Waals surface area contributed by atoms with Gasteiger partial charge in [0.2, 0.25) is 0 Å². The number of anilines is 1. The average molecular weight is 405 g/mol. The van der Waals surface area contributed by atoms with Crippen LogP contribution in [0, 0.1) is 11.3 Å². The molecule has 0 amide bonds. The molecule has 0 fully saturated rings. The molecule has 1 N–H and O–H groups in total. The van der Waals surface area contributed by atoms with Gasteiger partial charge in [0.1, 0.15) is 22.4 Å². The van der Waals surface area contributed by atoms with Crippen LogP contribution < -0.4 is 10.1 Å². The quantitative estimate of drug-likeness (QED) is 0.441. The van der Waals surface area contributed by atoms with Gasteiger partial charge in [-0.25, -0.2) is 9.78 Å². The van der Waals surface area contributed by atoms with E-state index in [-0.39, 0.29) is 0 Å². The van der Waals surface area contributed by atoms with Crippen LogP contribution in [0.3, 0.4) is 0 Å². The largest absolute Gasteiger partial charge is 0.497 e. The Balaban J connectivity index is 1.82. The number of hydrogen-bond donors (Lipinski definition) is 1. The molecular weight excluding hydrogens is 386 g/mol. The van der Waals surface area contributed by atoms with Crippen molar-refractivity contribution in [2.24, 2.45) is 0 Å². The Morgan fingerprint density at radius 1 is 1.24 bits per heavy atom. The van der Waals surface area contributed by atoms with Crippen molar-refractivity contribution in [1.29, 1.82) is 5.26 Å². The summed E-state index contributed by atoms with van der Waals surface area (Å²) in [6, 6.07) is 16.7. The molecule has 146 valence electrons. The van der Waals surface area contributed by atoms with Crippen LogP contribution in [0.1, 0.15) is 22.3 Å². The number of carbonyl (C=O) groups is 1. The summed E-state index contributed by atoms with van der Waals surface area (Å²) in [6.45, 7) is 2.05. The maximum Gasteiger partial charge on any atom is 0.340 e. The summed E-state index contributed by atoms with van der Waals surface area (Å²) in [4.78, 5) is 16.7. The molecule has 0 aliphatic carbocycles. The Hall–Kier alpha value is -3.63. The van der Waals surface area contributed by atoms with Crippen molar-refractivity contribution in [3.8, 4) is 23.1 Å². The van der Waals surface area contributed by atoms with E-state index in [9.17, 15) is 10.1 Å². The van der Waals surface area contributed by atoms with Crippen molar-refractivity contribution in [2.75, 3.05) is 19.0 Å². The fraction of sp³-hybridized carbons (Fsp3) is 0.136. The van der Waals surface area contributed by atoms with Gasteiger partial charge >= 0.3 is 5.97 Å². The molecule has 2 aromatic carbocycles. The van der Waals surface area contributed by atoms with Crippen LogP contribution in [-0.4, -0.2) is 24.7 Å². The van der Waals surface area contributed by atoms with Crippen molar-refractivity contribution in [3.63, 3.8) is 0 Å². The summed E-state index contributed by atoms with van der Waals surface area (Å²) in [5.74, 6) is 0.352. The van der Waals surface area contributed by atoms with E-state index in [0.717, 1.165) is 17.0 Å². The number of aromatic nitrogens is 1. The minimum absolute atomic E-state index is 0.291. The number of allylic oxidation sites excluding steroid dienone is 1. The molecule has 0 aliphatic rings. The first kappa shape index (κ1) is 20.1. The first-order chi connectivity index (χ1) is 14.2. The maximum absolute atomic E-state index is 12.1. The van der Waals surface area contributed by atoms with Gasteiger partial charge in [0.15, 0.2) is 0 Å². The minimum Gasteiger partial charge on any atom is -0.497 e. The van der Waals surface area contributed by atoms with Gasteiger partial charge in [-0.1, -0.05) is 12.1 Å². The number of ether oxygens (including phenoxy) is 2. The van der Waals surface area contributed by atoms with Crippen molar-refractivity contribution in [3.05, 3.63) is 70.7 Å². The van der Waals surface area contributed by atoms with E-state index in [0.29, 0.717) is 28.4 Å². The van der Waals surface area contributed by atoms with Crippen LogP contribution in [0.25, 0.3) is 16.8 Å². The van der Waals surface area contributed by atoms with Crippen LogP contribution in [0.15, 0.2) is 60.1 Å². The summed E-state index contributed by atoms with van der Waals surface area (Å²) < 4.78 is 10.2. The third-order valence-corrected chi connectivity index (χ3v) is 4.91. The number of methoxy groups -OCH3 is 1. The normalized spacial score (nSPS) is 10.9. The number of carbonyl (C=O) groups excluding carboxylic acids is 1. The zero-order valence-corrected chi connectivity index (χ0v) is 16.8. The number of thiazole rings is 1. The first-order valence-corrected chi connectivity index (χ1v) is 9.77. The third kappa shape index (κ3) is 4.81. The first-order valence-electron chi connectivity index (χ1n) is 8.89. The van der Waals surface area contributed by atoms with Crippen molar-refractivity contribution in [2.45, 2.75) is 6.92 Å². The molecule has 0 radical (unpaired) electrons. The minimum atomic E-state index is -0.418. The highest BCUT2D eigenvalue weighted by Gasteiger charge is 2.13. The van der Waals surface area contributed by atoms with Gasteiger partial charge in [0, 0.05) is 17.1 Å². The number of nitriles is 1. The van der Waals surface area contributed by atoms with Crippen molar-refractivity contribution < 1.29 is 14.3 Å². The number of para-hydroxylation sites is 1. The summed E-state index contributed by atoms with van der Waals surface area (Å²) in [5, 5.41) is 15.1. The molecule has 0 saturated heterocycles. The van der Waals surface area contributed by atoms with Gasteiger partial charge in [0.05, 0.1) is 30.7 Å². The van der Waals surface area contributed by atoms with Gasteiger partial charge in [-0.2, -0.15) is 5.26 Å². The molecule has 3 aromatic rings. The SMILES string of the molecule is CCOC(=O)c1ccccc1NC=C(C#N)c1nc(-c2ccc(OC)cc2)cs1. The van der Waals surface area contributed by atoms with E-state index in [1.807, 2.05) is 29.6 Å². The number of nitrogens with one attached hydrogen (secondary N) is 1. The molecule has 0 unspecified atom stereocenters. The topological polar surface area (TPSA) is 84.2 Å². The second kappa shape index (κ2) is 9.53. The zero-order valence-electron chi connectivity index (χ0n) is 16.0. The number of hydrogen-bond acceptors (Lipinski definition) is 7. The van der Waals surface area contributed by atoms with Crippen LogP contribution in [0.5, 0.6) is 5.75 Å². The molecule has 0 bridgehead atoms. The summed E-state index contributed by atoms with van der Waals surface area (Å²) in [5.41, 5.74) is 3.05. The lowest BCUT2D eigenvalue weighted by atomic mass is 10.1. The molecule has 1 aromatic heterocycles. The molecule has 0 aliphatic heterocycles. The lowest BCUT2D eigenvalue weighted by molar-refractivity contribution is 0.0527. The Kier molecular flexibility index (Phi) is 6.61. The number of benzene rings is 2. The monoisotopic (exact) mass is 405 g/mol. The standard InChI is InChI=1S/C22H19N3O3S/c1-3-28-22(26)18-6-4-5-7-19(18)24-13-16(12-23)21-25-20(14-29-21)15-8-10-17(27-2)11-9-15/h4-11,13-14,24H,3H2,1-2H3. The Morgan fingerprint density at radius 3 is 2.69 bits per heavy atom. The summed E-state index contributed by atoms with van der Waals surface area (Å²) in [6.07, 6.45) is 1.55. The van der Waals surface area contributed by atoms with E-state index in [4.69, 9.17) is 9.47 Å². The molecular formula is C22H19N3O3S. The highest BCUT2D eigenvalue weighted by molar-refractivity contribution is 7.11. The average Bonchev–Trinajstić information content (AvgIpc) is 3.25. The molecule has 0 atom stereocenters. The molecule has 0 spiro atoms.